The van der Waals surface area contributed by atoms with Gasteiger partial charge in [0.2, 0.25) is 0 Å². The van der Waals surface area contributed by atoms with Crippen LogP contribution in [0.1, 0.15) is 23.2 Å². The summed E-state index contributed by atoms with van der Waals surface area (Å²) in [6, 6.07) is 13.0. The van der Waals surface area contributed by atoms with E-state index in [0.717, 1.165) is 0 Å². The van der Waals surface area contributed by atoms with E-state index in [2.05, 4.69) is 5.32 Å². The molecule has 0 unspecified atom stereocenters. The van der Waals surface area contributed by atoms with Crippen molar-refractivity contribution in [1.29, 1.82) is 0 Å². The summed E-state index contributed by atoms with van der Waals surface area (Å²) in [5, 5.41) is 22.8. The minimum atomic E-state index is -0.945. The smallest absolute Gasteiger partial charge is 0.303 e. The first kappa shape index (κ1) is 18.9. The van der Waals surface area contributed by atoms with Gasteiger partial charge in [-0.15, -0.1) is 0 Å². The Balaban J connectivity index is 2.35. The van der Waals surface area contributed by atoms with Gasteiger partial charge >= 0.3 is 5.97 Å². The Labute approximate surface area is 150 Å². The standard InChI is InChI=1S/C18H19N3O5/c1-19-15-10-9-13(12-16(15)21(25)26)18(24)20(11-5-8-17(22)23)14-6-3-2-4-7-14/h2-4,6-7,9-10,12,19H,5,8,11H2,1H3,(H,22,23). The molecule has 0 atom stereocenters. The molecule has 0 fully saturated rings. The monoisotopic (exact) mass is 357 g/mol. The molecule has 2 N–H and O–H groups in total. The van der Waals surface area contributed by atoms with Crippen LogP contribution in [0.15, 0.2) is 48.5 Å². The van der Waals surface area contributed by atoms with Gasteiger partial charge in [-0.2, -0.15) is 0 Å². The number of anilines is 2. The first-order chi connectivity index (χ1) is 12.4. The highest BCUT2D eigenvalue weighted by Crippen LogP contribution is 2.27. The zero-order valence-electron chi connectivity index (χ0n) is 14.2. The van der Waals surface area contributed by atoms with E-state index >= 15 is 0 Å². The minimum absolute atomic E-state index is 0.0740. The summed E-state index contributed by atoms with van der Waals surface area (Å²) in [5.74, 6) is -1.37. The van der Waals surface area contributed by atoms with Gasteiger partial charge in [-0.25, -0.2) is 0 Å². The molecule has 0 saturated carbocycles. The Kier molecular flexibility index (Phi) is 6.26. The third-order valence-electron chi connectivity index (χ3n) is 3.80. The third kappa shape index (κ3) is 4.56. The predicted octanol–water partition coefficient (Wildman–Crippen LogP) is 3.15. The normalized spacial score (nSPS) is 10.2. The van der Waals surface area contributed by atoms with Gasteiger partial charge in [-0.1, -0.05) is 18.2 Å². The first-order valence-electron chi connectivity index (χ1n) is 7.99. The molecule has 8 nitrogen and oxygen atoms in total. The summed E-state index contributed by atoms with van der Waals surface area (Å²) in [5.41, 5.74) is 0.874. The van der Waals surface area contributed by atoms with Crippen LogP contribution in [0.25, 0.3) is 0 Å². The number of nitrogens with zero attached hydrogens (tertiary/aromatic N) is 2. The molecule has 0 heterocycles. The van der Waals surface area contributed by atoms with Crippen LogP contribution in [0.5, 0.6) is 0 Å². The number of hydrogen-bond donors (Lipinski definition) is 2. The van der Waals surface area contributed by atoms with Crippen LogP contribution in [0.2, 0.25) is 0 Å². The summed E-state index contributed by atoms with van der Waals surface area (Å²) in [6.45, 7) is 0.191. The number of carboxylic acid groups (broad SMARTS) is 1. The number of nitrogens with one attached hydrogen (secondary N) is 1. The van der Waals surface area contributed by atoms with E-state index in [1.807, 2.05) is 0 Å². The zero-order valence-corrected chi connectivity index (χ0v) is 14.2. The van der Waals surface area contributed by atoms with Crippen LogP contribution in [-0.4, -0.2) is 35.5 Å². The van der Waals surface area contributed by atoms with Gasteiger partial charge in [0.05, 0.1) is 4.92 Å². The van der Waals surface area contributed by atoms with Crippen molar-refractivity contribution in [3.8, 4) is 0 Å². The Bertz CT molecular complexity index is 808. The van der Waals surface area contributed by atoms with Crippen molar-refractivity contribution in [2.24, 2.45) is 0 Å². The molecule has 136 valence electrons. The molecule has 0 aliphatic rings. The van der Waals surface area contributed by atoms with E-state index < -0.39 is 16.8 Å². The second-order valence-electron chi connectivity index (χ2n) is 5.53. The lowest BCUT2D eigenvalue weighted by Gasteiger charge is -2.23. The summed E-state index contributed by atoms with van der Waals surface area (Å²) in [4.78, 5) is 35.8. The van der Waals surface area contributed by atoms with Gasteiger partial charge in [0.1, 0.15) is 5.69 Å². The lowest BCUT2D eigenvalue weighted by atomic mass is 10.1. The molecule has 2 aromatic rings. The first-order valence-corrected chi connectivity index (χ1v) is 7.99. The molecule has 0 spiro atoms. The average molecular weight is 357 g/mol. The highest BCUT2D eigenvalue weighted by molar-refractivity contribution is 6.06. The van der Waals surface area contributed by atoms with E-state index in [-0.39, 0.29) is 30.6 Å². The number of benzene rings is 2. The van der Waals surface area contributed by atoms with Crippen LogP contribution in [0.3, 0.4) is 0 Å². The lowest BCUT2D eigenvalue weighted by molar-refractivity contribution is -0.384. The number of carbonyl (C=O) groups is 2. The fraction of sp³-hybridized carbons (Fsp3) is 0.222. The van der Waals surface area contributed by atoms with Crippen molar-refractivity contribution < 1.29 is 19.6 Å². The Morgan fingerprint density at radius 2 is 1.88 bits per heavy atom. The number of nitro benzene ring substituents is 1. The summed E-state index contributed by atoms with van der Waals surface area (Å²) in [7, 11) is 1.56. The number of para-hydroxylation sites is 1. The van der Waals surface area contributed by atoms with Crippen molar-refractivity contribution >= 4 is 28.9 Å². The quantitative estimate of drug-likeness (QED) is 0.554. The number of carboxylic acids is 1. The maximum absolute atomic E-state index is 12.9. The molecule has 2 rings (SSSR count). The molecule has 0 radical (unpaired) electrons. The van der Waals surface area contributed by atoms with Gasteiger partial charge in [0, 0.05) is 37.3 Å². The molecule has 0 bridgehead atoms. The lowest BCUT2D eigenvalue weighted by Crippen LogP contribution is -2.32. The van der Waals surface area contributed by atoms with Crippen molar-refractivity contribution in [1.82, 2.24) is 0 Å². The summed E-state index contributed by atoms with van der Waals surface area (Å²) < 4.78 is 0. The Morgan fingerprint density at radius 3 is 2.46 bits per heavy atom. The van der Waals surface area contributed by atoms with Gasteiger partial charge < -0.3 is 15.3 Å². The Hall–Kier alpha value is -3.42. The zero-order chi connectivity index (χ0) is 19.1. The number of rotatable bonds is 8. The van der Waals surface area contributed by atoms with Crippen molar-refractivity contribution in [3.63, 3.8) is 0 Å². The van der Waals surface area contributed by atoms with Crippen LogP contribution in [0, 0.1) is 10.1 Å². The van der Waals surface area contributed by atoms with Crippen molar-refractivity contribution in [2.45, 2.75) is 12.8 Å². The largest absolute Gasteiger partial charge is 0.481 e. The highest BCUT2D eigenvalue weighted by Gasteiger charge is 2.22. The van der Waals surface area contributed by atoms with Crippen LogP contribution in [-0.2, 0) is 4.79 Å². The molecule has 1 amide bonds. The summed E-state index contributed by atoms with van der Waals surface area (Å²) >= 11 is 0. The van der Waals surface area contributed by atoms with Gasteiger partial charge in [0.25, 0.3) is 11.6 Å². The second-order valence-corrected chi connectivity index (χ2v) is 5.53. The number of aliphatic carboxylic acids is 1. The number of nitro groups is 1. The minimum Gasteiger partial charge on any atom is -0.481 e. The number of carbonyl (C=O) groups excluding carboxylic acids is 1. The van der Waals surface area contributed by atoms with Crippen LogP contribution < -0.4 is 10.2 Å². The molecule has 0 saturated heterocycles. The molecule has 8 heteroatoms. The van der Waals surface area contributed by atoms with Crippen LogP contribution >= 0.6 is 0 Å². The molecular weight excluding hydrogens is 338 g/mol. The van der Waals surface area contributed by atoms with Gasteiger partial charge in [-0.3, -0.25) is 19.7 Å². The van der Waals surface area contributed by atoms with E-state index in [0.29, 0.717) is 11.4 Å². The Morgan fingerprint density at radius 1 is 1.19 bits per heavy atom. The summed E-state index contributed by atoms with van der Waals surface area (Å²) in [6.07, 6.45) is 0.197. The number of amides is 1. The van der Waals surface area contributed by atoms with Crippen molar-refractivity contribution in [3.05, 3.63) is 64.2 Å². The predicted molar refractivity (Wildman–Crippen MR) is 97.6 cm³/mol. The molecule has 0 aliphatic carbocycles. The molecule has 0 aromatic heterocycles. The van der Waals surface area contributed by atoms with Gasteiger partial charge in [0.15, 0.2) is 0 Å². The highest BCUT2D eigenvalue weighted by atomic mass is 16.6. The van der Waals surface area contributed by atoms with Crippen LogP contribution in [0.4, 0.5) is 17.1 Å². The maximum Gasteiger partial charge on any atom is 0.303 e. The molecule has 2 aromatic carbocycles. The SMILES string of the molecule is CNc1ccc(C(=O)N(CCCC(=O)O)c2ccccc2)cc1[N+](=O)[O-]. The van der Waals surface area contributed by atoms with E-state index in [9.17, 15) is 19.7 Å². The molecule has 26 heavy (non-hydrogen) atoms. The molecule has 0 aliphatic heterocycles. The second kappa shape index (κ2) is 8.61. The van der Waals surface area contributed by atoms with Gasteiger partial charge in [-0.05, 0) is 30.7 Å². The fourth-order valence-corrected chi connectivity index (χ4v) is 2.53. The van der Waals surface area contributed by atoms with E-state index in [1.54, 1.807) is 37.4 Å². The van der Waals surface area contributed by atoms with E-state index in [4.69, 9.17) is 5.11 Å². The third-order valence-corrected chi connectivity index (χ3v) is 3.80. The maximum atomic E-state index is 12.9. The average Bonchev–Trinajstić information content (AvgIpc) is 2.64. The number of hydrogen-bond acceptors (Lipinski definition) is 5. The fourth-order valence-electron chi connectivity index (χ4n) is 2.53. The van der Waals surface area contributed by atoms with Crippen molar-refractivity contribution in [2.75, 3.05) is 23.8 Å². The topological polar surface area (TPSA) is 113 Å². The molecular formula is C18H19N3O5. The van der Waals surface area contributed by atoms with E-state index in [1.165, 1.54) is 23.1 Å².